The number of benzene rings is 2. The number of piperazine rings is 1. The van der Waals surface area contributed by atoms with Gasteiger partial charge in [0.1, 0.15) is 18.2 Å². The molecule has 1 aromatic heterocycles. The molecule has 0 N–H and O–H groups in total. The summed E-state index contributed by atoms with van der Waals surface area (Å²) < 4.78 is 26.8. The zero-order valence-electron chi connectivity index (χ0n) is 26.8. The van der Waals surface area contributed by atoms with E-state index >= 15 is 0 Å². The van der Waals surface area contributed by atoms with Crippen LogP contribution in [0.5, 0.6) is 6.01 Å². The molecule has 2 atom stereocenters. The summed E-state index contributed by atoms with van der Waals surface area (Å²) in [5.74, 6) is 0.371. The number of amides is 1. The third-order valence-electron chi connectivity index (χ3n) is 10.1. The van der Waals surface area contributed by atoms with E-state index in [0.717, 1.165) is 34.7 Å². The number of rotatable bonds is 9. The minimum Gasteiger partial charge on any atom is -0.463 e. The third kappa shape index (κ3) is 5.80. The fourth-order valence-corrected chi connectivity index (χ4v) is 7.57. The molecule has 2 aromatic carbocycles. The monoisotopic (exact) mass is 648 g/mol. The maximum Gasteiger partial charge on any atom is 0.318 e. The van der Waals surface area contributed by atoms with E-state index < -0.39 is 5.82 Å². The van der Waals surface area contributed by atoms with Crippen LogP contribution in [-0.4, -0.2) is 96.8 Å². The van der Waals surface area contributed by atoms with Crippen molar-refractivity contribution in [3.63, 3.8) is 0 Å². The zero-order chi connectivity index (χ0) is 32.2. The molecular weight excluding hydrogens is 607 g/mol. The number of carbonyl (C=O) groups excluding carboxylic acids is 1. The number of fused-ring (bicyclic) bond motifs is 2. The lowest BCUT2D eigenvalue weighted by Gasteiger charge is -2.45. The first-order chi connectivity index (χ1) is 22.2. The molecule has 46 heavy (non-hydrogen) atoms. The van der Waals surface area contributed by atoms with E-state index in [-0.39, 0.29) is 28.4 Å². The number of nitrogens with zero attached hydrogens (tertiary/aromatic N) is 6. The number of carbonyl (C=O) groups is 1. The predicted molar refractivity (Wildman–Crippen MR) is 178 cm³/mol. The van der Waals surface area contributed by atoms with Crippen LogP contribution in [0.25, 0.3) is 10.8 Å². The first kappa shape index (κ1) is 31.1. The van der Waals surface area contributed by atoms with Gasteiger partial charge in [0, 0.05) is 60.9 Å². The molecule has 0 unspecified atom stereocenters. The lowest BCUT2D eigenvalue weighted by molar-refractivity contribution is -0.143. The summed E-state index contributed by atoms with van der Waals surface area (Å²) in [7, 11) is 2.19. The second kappa shape index (κ2) is 12.3. The van der Waals surface area contributed by atoms with E-state index in [1.54, 1.807) is 6.07 Å². The number of ether oxygens (including phenoxy) is 2. The van der Waals surface area contributed by atoms with Crippen molar-refractivity contribution in [3.8, 4) is 6.01 Å². The quantitative estimate of drug-likeness (QED) is 0.298. The summed E-state index contributed by atoms with van der Waals surface area (Å²) in [5.41, 5.74) is 2.75. The highest BCUT2D eigenvalue weighted by atomic mass is 35.5. The highest BCUT2D eigenvalue weighted by Crippen LogP contribution is 2.39. The van der Waals surface area contributed by atoms with Gasteiger partial charge in [-0.1, -0.05) is 36.4 Å². The smallest absolute Gasteiger partial charge is 0.318 e. The van der Waals surface area contributed by atoms with E-state index in [9.17, 15) is 9.18 Å². The molecule has 9 nitrogen and oxygen atoms in total. The van der Waals surface area contributed by atoms with Gasteiger partial charge in [-0.2, -0.15) is 9.97 Å². The minimum absolute atomic E-state index is 0.0159. The van der Waals surface area contributed by atoms with Crippen molar-refractivity contribution in [2.75, 3.05) is 62.8 Å². The molecule has 1 aliphatic carbocycles. The van der Waals surface area contributed by atoms with Crippen LogP contribution in [0.3, 0.4) is 0 Å². The van der Waals surface area contributed by atoms with Crippen molar-refractivity contribution in [1.29, 1.82) is 0 Å². The summed E-state index contributed by atoms with van der Waals surface area (Å²) in [4.78, 5) is 31.5. The van der Waals surface area contributed by atoms with Gasteiger partial charge in [0.15, 0.2) is 0 Å². The van der Waals surface area contributed by atoms with Crippen LogP contribution in [0.2, 0.25) is 5.02 Å². The third-order valence-corrected chi connectivity index (χ3v) is 10.4. The van der Waals surface area contributed by atoms with E-state index in [1.807, 2.05) is 23.1 Å². The summed E-state index contributed by atoms with van der Waals surface area (Å²) in [5, 5.41) is 1.72. The van der Waals surface area contributed by atoms with E-state index in [4.69, 9.17) is 31.0 Å². The van der Waals surface area contributed by atoms with Crippen LogP contribution in [0.1, 0.15) is 37.9 Å². The van der Waals surface area contributed by atoms with Gasteiger partial charge < -0.3 is 29.1 Å². The second-order valence-corrected chi connectivity index (χ2v) is 14.0. The average molecular weight is 649 g/mol. The molecule has 4 heterocycles. The standard InChI is InChI=1S/C35H42ClFN6O3/c1-5-30(44)42-15-23(3)43(16-22(42)2)33-26-13-14-41(29-8-6-7-24-9-12-27(37)32(36)31(24)29)17-28(26)38-34(39-33)46-21-35(19-45-20-35)18-40(4)25-10-11-25/h5-9,12,22-23,25H,1,10-11,13-21H2,2-4H3/t22-,23-/m0/s1. The molecule has 11 heteroatoms. The highest BCUT2D eigenvalue weighted by Gasteiger charge is 2.43. The minimum atomic E-state index is -0.433. The number of halogens is 2. The molecule has 2 saturated heterocycles. The topological polar surface area (TPSA) is 74.3 Å². The lowest BCUT2D eigenvalue weighted by atomic mass is 9.86. The Hall–Kier alpha value is -3.47. The number of aromatic nitrogens is 2. The molecule has 3 fully saturated rings. The van der Waals surface area contributed by atoms with Crippen molar-refractivity contribution in [2.45, 2.75) is 57.8 Å². The number of anilines is 2. The molecule has 3 aliphatic heterocycles. The molecule has 4 aliphatic rings. The van der Waals surface area contributed by atoms with Gasteiger partial charge in [0.2, 0.25) is 5.91 Å². The summed E-state index contributed by atoms with van der Waals surface area (Å²) in [6.07, 6.45) is 4.58. The Bertz CT molecular complexity index is 1660. The van der Waals surface area contributed by atoms with Gasteiger partial charge >= 0.3 is 6.01 Å². The van der Waals surface area contributed by atoms with Crippen LogP contribution in [0.15, 0.2) is 43.0 Å². The Morgan fingerprint density at radius 1 is 1.20 bits per heavy atom. The number of hydrogen-bond donors (Lipinski definition) is 0. The molecule has 7 rings (SSSR count). The van der Waals surface area contributed by atoms with E-state index in [2.05, 4.69) is 42.2 Å². The molecule has 0 bridgehead atoms. The molecule has 0 radical (unpaired) electrons. The summed E-state index contributed by atoms with van der Waals surface area (Å²) >= 11 is 6.54. The van der Waals surface area contributed by atoms with E-state index in [1.165, 1.54) is 25.0 Å². The van der Waals surface area contributed by atoms with Crippen molar-refractivity contribution < 1.29 is 18.7 Å². The van der Waals surface area contributed by atoms with Crippen molar-refractivity contribution in [1.82, 2.24) is 19.8 Å². The molecule has 0 spiro atoms. The molecule has 3 aromatic rings. The average Bonchev–Trinajstić information content (AvgIpc) is 3.89. The van der Waals surface area contributed by atoms with Gasteiger partial charge in [-0.05, 0) is 63.8 Å². The largest absolute Gasteiger partial charge is 0.463 e. The molecule has 1 saturated carbocycles. The van der Waals surface area contributed by atoms with Crippen LogP contribution in [0, 0.1) is 11.2 Å². The van der Waals surface area contributed by atoms with Gasteiger partial charge in [0.25, 0.3) is 0 Å². The maximum absolute atomic E-state index is 14.6. The first-order valence-electron chi connectivity index (χ1n) is 16.3. The van der Waals surface area contributed by atoms with Crippen LogP contribution < -0.4 is 14.5 Å². The van der Waals surface area contributed by atoms with Crippen molar-refractivity contribution >= 4 is 39.8 Å². The van der Waals surface area contributed by atoms with Gasteiger partial charge in [-0.15, -0.1) is 0 Å². The lowest BCUT2D eigenvalue weighted by Crippen LogP contribution is -2.58. The fraction of sp³-hybridized carbons (Fsp3) is 0.514. The molecular formula is C35H42ClFN6O3. The van der Waals surface area contributed by atoms with Crippen molar-refractivity contribution in [3.05, 3.63) is 65.1 Å². The highest BCUT2D eigenvalue weighted by molar-refractivity contribution is 6.36. The van der Waals surface area contributed by atoms with E-state index in [0.29, 0.717) is 69.9 Å². The first-order valence-corrected chi connectivity index (χ1v) is 16.7. The molecule has 244 valence electrons. The Morgan fingerprint density at radius 2 is 2.00 bits per heavy atom. The Kier molecular flexibility index (Phi) is 8.32. The van der Waals surface area contributed by atoms with Gasteiger partial charge in [-0.25, -0.2) is 4.39 Å². The normalized spacial score (nSPS) is 22.5. The summed E-state index contributed by atoms with van der Waals surface area (Å²) in [6, 6.07) is 10.1. The predicted octanol–water partition coefficient (Wildman–Crippen LogP) is 5.09. The maximum atomic E-state index is 14.6. The van der Waals surface area contributed by atoms with Crippen molar-refractivity contribution in [2.24, 2.45) is 5.41 Å². The second-order valence-electron chi connectivity index (χ2n) is 13.6. The van der Waals surface area contributed by atoms with Crippen LogP contribution in [0.4, 0.5) is 15.9 Å². The molecule has 1 amide bonds. The van der Waals surface area contributed by atoms with Gasteiger partial charge in [0.05, 0.1) is 35.9 Å². The van der Waals surface area contributed by atoms with Crippen LogP contribution in [-0.2, 0) is 22.5 Å². The summed E-state index contributed by atoms with van der Waals surface area (Å²) in [6.45, 7) is 13.0. The van der Waals surface area contributed by atoms with Gasteiger partial charge in [-0.3, -0.25) is 4.79 Å². The Labute approximate surface area is 274 Å². The Balaban J connectivity index is 1.22. The zero-order valence-corrected chi connectivity index (χ0v) is 27.6. The van der Waals surface area contributed by atoms with Crippen LogP contribution >= 0.6 is 11.6 Å². The SMILES string of the molecule is C=CC(=O)N1C[C@H](C)N(c2nc(OCC3(CN(C)C4CC4)COC3)nc3c2CCN(c2cccc4ccc(F)c(Cl)c24)C3)C[C@@H]1C. The Morgan fingerprint density at radius 3 is 2.72 bits per heavy atom. The number of hydrogen-bond acceptors (Lipinski definition) is 8. The fourth-order valence-electron chi connectivity index (χ4n) is 7.30.